The summed E-state index contributed by atoms with van der Waals surface area (Å²) in [4.78, 5) is 15.3. The van der Waals surface area contributed by atoms with Crippen LogP contribution in [0.25, 0.3) is 0 Å². The fraction of sp³-hybridized carbons (Fsp3) is 0.273. The molecule has 6 heteroatoms. The Labute approximate surface area is 115 Å². The fourth-order valence-electron chi connectivity index (χ4n) is 1.15. The molecule has 0 heterocycles. The maximum atomic E-state index is 11.6. The number of aliphatic imine (C=N–C) groups is 1. The van der Waals surface area contributed by atoms with E-state index in [-0.39, 0.29) is 5.91 Å². The minimum absolute atomic E-state index is 0.270. The summed E-state index contributed by atoms with van der Waals surface area (Å²) in [5, 5.41) is 4.74. The summed E-state index contributed by atoms with van der Waals surface area (Å²) in [7, 11) is 0. The Morgan fingerprint density at radius 2 is 2.12 bits per heavy atom. The van der Waals surface area contributed by atoms with Gasteiger partial charge in [0.15, 0.2) is 0 Å². The van der Waals surface area contributed by atoms with Crippen LogP contribution >= 0.6 is 35.4 Å². The number of amides is 1. The summed E-state index contributed by atoms with van der Waals surface area (Å²) in [6, 6.07) is 6.81. The van der Waals surface area contributed by atoms with E-state index in [1.165, 1.54) is 0 Å². The normalized spacial score (nSPS) is 11.4. The summed E-state index contributed by atoms with van der Waals surface area (Å²) in [5.74, 6) is -0.270. The Morgan fingerprint density at radius 3 is 2.71 bits per heavy atom. The van der Waals surface area contributed by atoms with Crippen LogP contribution in [0.1, 0.15) is 10.9 Å². The Bertz CT molecular complexity index is 430. The molecule has 1 aromatic rings. The van der Waals surface area contributed by atoms with Gasteiger partial charge in [0.2, 0.25) is 5.91 Å². The number of nitrogens with one attached hydrogen (secondary N) is 1. The smallest absolute Gasteiger partial charge is 0.242 e. The van der Waals surface area contributed by atoms with Crippen molar-refractivity contribution < 1.29 is 4.79 Å². The summed E-state index contributed by atoms with van der Waals surface area (Å²) < 4.78 is 0. The molecule has 0 aliphatic carbocycles. The van der Waals surface area contributed by atoms with Gasteiger partial charge in [-0.15, -0.1) is 11.6 Å². The van der Waals surface area contributed by atoms with Gasteiger partial charge in [-0.2, -0.15) is 0 Å². The van der Waals surface area contributed by atoms with Crippen molar-refractivity contribution in [1.82, 2.24) is 5.32 Å². The first-order valence-electron chi connectivity index (χ1n) is 4.86. The van der Waals surface area contributed by atoms with E-state index in [1.807, 2.05) is 0 Å². The number of carbonyl (C=O) groups is 1. The molecule has 0 aromatic heterocycles. The van der Waals surface area contributed by atoms with Crippen molar-refractivity contribution in [2.45, 2.75) is 5.38 Å². The average molecular weight is 289 g/mol. The number of halogens is 2. The molecule has 0 radical (unpaired) electrons. The molecule has 0 bridgehead atoms. The topological polar surface area (TPSA) is 41.5 Å². The molecule has 0 fully saturated rings. The highest BCUT2D eigenvalue weighted by Crippen LogP contribution is 2.22. The van der Waals surface area contributed by atoms with E-state index in [4.69, 9.17) is 23.2 Å². The highest BCUT2D eigenvalue weighted by atomic mass is 35.5. The van der Waals surface area contributed by atoms with Gasteiger partial charge in [0.05, 0.1) is 11.7 Å². The molecule has 0 saturated heterocycles. The number of alkyl halides is 1. The maximum Gasteiger partial charge on any atom is 0.242 e. The quantitative estimate of drug-likeness (QED) is 0.392. The lowest BCUT2D eigenvalue weighted by Crippen LogP contribution is -2.29. The van der Waals surface area contributed by atoms with Crippen LogP contribution in [-0.2, 0) is 4.79 Å². The maximum absolute atomic E-state index is 11.6. The zero-order valence-corrected chi connectivity index (χ0v) is 11.1. The standard InChI is InChI=1S/C11H10Cl2N2OS/c12-9-3-1-8(2-4-9)10(13)11(16)15-6-5-14-7-17/h1-4,10H,5-6H2,(H,15,16). The number of thiocarbonyl (C=S) groups is 1. The van der Waals surface area contributed by atoms with Gasteiger partial charge in [-0.25, -0.2) is 4.99 Å². The van der Waals surface area contributed by atoms with Gasteiger partial charge in [-0.3, -0.25) is 4.79 Å². The molecule has 1 rings (SSSR count). The number of benzene rings is 1. The highest BCUT2D eigenvalue weighted by molar-refractivity contribution is 7.78. The molecule has 1 atom stereocenters. The second kappa shape index (κ2) is 7.41. The molecule has 90 valence electrons. The van der Waals surface area contributed by atoms with Crippen molar-refractivity contribution in [3.8, 4) is 0 Å². The molecule has 0 aliphatic rings. The van der Waals surface area contributed by atoms with Crippen LogP contribution in [-0.4, -0.2) is 24.2 Å². The molecule has 0 aliphatic heterocycles. The lowest BCUT2D eigenvalue weighted by Gasteiger charge is -2.09. The van der Waals surface area contributed by atoms with Crippen molar-refractivity contribution >= 4 is 46.5 Å². The Kier molecular flexibility index (Phi) is 6.16. The van der Waals surface area contributed by atoms with Crippen LogP contribution in [0.3, 0.4) is 0 Å². The lowest BCUT2D eigenvalue weighted by molar-refractivity contribution is -0.120. The van der Waals surface area contributed by atoms with Crippen molar-refractivity contribution in [2.24, 2.45) is 4.99 Å². The zero-order chi connectivity index (χ0) is 12.7. The van der Waals surface area contributed by atoms with E-state index in [2.05, 4.69) is 27.7 Å². The molecule has 3 nitrogen and oxygen atoms in total. The third-order valence-electron chi connectivity index (χ3n) is 1.98. The Hall–Kier alpha value is -0.930. The molecule has 1 amide bonds. The van der Waals surface area contributed by atoms with Gasteiger partial charge in [0.25, 0.3) is 0 Å². The van der Waals surface area contributed by atoms with Crippen LogP contribution in [0.4, 0.5) is 0 Å². The van der Waals surface area contributed by atoms with Gasteiger partial charge in [0, 0.05) is 11.6 Å². The Balaban J connectivity index is 2.51. The number of hydrogen-bond acceptors (Lipinski definition) is 3. The molecule has 17 heavy (non-hydrogen) atoms. The highest BCUT2D eigenvalue weighted by Gasteiger charge is 2.16. The number of nitrogens with zero attached hydrogens (tertiary/aromatic N) is 1. The van der Waals surface area contributed by atoms with Crippen LogP contribution in [0.15, 0.2) is 29.3 Å². The summed E-state index contributed by atoms with van der Waals surface area (Å²) in [6.45, 7) is 0.790. The van der Waals surface area contributed by atoms with Crippen molar-refractivity contribution in [2.75, 3.05) is 13.1 Å². The van der Waals surface area contributed by atoms with Gasteiger partial charge in [0.1, 0.15) is 5.38 Å². The summed E-state index contributed by atoms with van der Waals surface area (Å²) in [6.07, 6.45) is 0. The second-order valence-electron chi connectivity index (χ2n) is 3.18. The summed E-state index contributed by atoms with van der Waals surface area (Å²) >= 11 is 16.1. The zero-order valence-electron chi connectivity index (χ0n) is 8.82. The molecule has 0 spiro atoms. The predicted octanol–water partition coefficient (Wildman–Crippen LogP) is 2.84. The molecule has 1 unspecified atom stereocenters. The fourth-order valence-corrected chi connectivity index (χ4v) is 1.59. The van der Waals surface area contributed by atoms with E-state index < -0.39 is 5.38 Å². The second-order valence-corrected chi connectivity index (χ2v) is 4.23. The predicted molar refractivity (Wildman–Crippen MR) is 72.9 cm³/mol. The monoisotopic (exact) mass is 288 g/mol. The lowest BCUT2D eigenvalue weighted by atomic mass is 10.1. The SMILES string of the molecule is O=C(NCCN=C=S)C(Cl)c1ccc(Cl)cc1. The van der Waals surface area contributed by atoms with Gasteiger partial charge >= 0.3 is 0 Å². The van der Waals surface area contributed by atoms with Crippen LogP contribution < -0.4 is 5.32 Å². The Morgan fingerprint density at radius 1 is 1.47 bits per heavy atom. The van der Waals surface area contributed by atoms with E-state index in [0.29, 0.717) is 23.7 Å². The largest absolute Gasteiger partial charge is 0.353 e. The first kappa shape index (κ1) is 14.1. The van der Waals surface area contributed by atoms with E-state index >= 15 is 0 Å². The van der Waals surface area contributed by atoms with E-state index in [9.17, 15) is 4.79 Å². The average Bonchev–Trinajstić information content (AvgIpc) is 2.34. The molecule has 1 N–H and O–H groups in total. The third kappa shape index (κ3) is 4.84. The number of carbonyl (C=O) groups excluding carboxylic acids is 1. The van der Waals surface area contributed by atoms with Crippen molar-refractivity contribution in [1.29, 1.82) is 0 Å². The summed E-state index contributed by atoms with van der Waals surface area (Å²) in [5.41, 5.74) is 0.701. The van der Waals surface area contributed by atoms with Gasteiger partial charge in [-0.05, 0) is 29.9 Å². The van der Waals surface area contributed by atoms with Gasteiger partial charge < -0.3 is 5.32 Å². The third-order valence-corrected chi connectivity index (χ3v) is 2.81. The number of hydrogen-bond donors (Lipinski definition) is 1. The van der Waals surface area contributed by atoms with Gasteiger partial charge in [-0.1, -0.05) is 23.7 Å². The van der Waals surface area contributed by atoms with Crippen LogP contribution in [0.2, 0.25) is 5.02 Å². The molecule has 0 saturated carbocycles. The van der Waals surface area contributed by atoms with Crippen LogP contribution in [0.5, 0.6) is 0 Å². The molecule has 1 aromatic carbocycles. The van der Waals surface area contributed by atoms with Crippen molar-refractivity contribution in [3.63, 3.8) is 0 Å². The molecular weight excluding hydrogens is 279 g/mol. The minimum Gasteiger partial charge on any atom is -0.353 e. The minimum atomic E-state index is -0.733. The number of rotatable bonds is 5. The first-order valence-corrected chi connectivity index (χ1v) is 6.08. The van der Waals surface area contributed by atoms with E-state index in [0.717, 1.165) is 0 Å². The number of isothiocyanates is 1. The molecular formula is C11H10Cl2N2OS. The van der Waals surface area contributed by atoms with E-state index in [1.54, 1.807) is 24.3 Å². The first-order chi connectivity index (χ1) is 8.15. The van der Waals surface area contributed by atoms with Crippen molar-refractivity contribution in [3.05, 3.63) is 34.9 Å². The van der Waals surface area contributed by atoms with Crippen LogP contribution in [0, 0.1) is 0 Å².